The normalized spacial score (nSPS) is 14.4. The first-order valence-corrected chi connectivity index (χ1v) is 11.6. The Morgan fingerprint density at radius 1 is 1.10 bits per heavy atom. The second-order valence-electron chi connectivity index (χ2n) is 6.61. The number of nitrogens with one attached hydrogen (secondary N) is 1. The molecule has 0 aliphatic carbocycles. The Hall–Kier alpha value is -2.26. The van der Waals surface area contributed by atoms with Crippen molar-refractivity contribution in [1.29, 1.82) is 0 Å². The first-order valence-electron chi connectivity index (χ1n) is 8.67. The van der Waals surface area contributed by atoms with Crippen molar-refractivity contribution in [3.05, 3.63) is 68.8 Å². The first-order chi connectivity index (χ1) is 14.2. The van der Waals surface area contributed by atoms with Crippen LogP contribution in [0.5, 0.6) is 5.75 Å². The van der Waals surface area contributed by atoms with Gasteiger partial charge in [0.05, 0.1) is 27.9 Å². The van der Waals surface area contributed by atoms with Gasteiger partial charge in [-0.2, -0.15) is 5.10 Å². The summed E-state index contributed by atoms with van der Waals surface area (Å²) in [7, 11) is -3.31. The number of benzene rings is 2. The maximum Gasteiger partial charge on any atom is 0.263 e. The number of anilines is 1. The van der Waals surface area contributed by atoms with Crippen LogP contribution in [0.1, 0.15) is 11.3 Å². The lowest BCUT2D eigenvalue weighted by atomic mass is 10.2. The average Bonchev–Trinajstić information content (AvgIpc) is 3.13. The maximum absolute atomic E-state index is 12.6. The Morgan fingerprint density at radius 3 is 2.60 bits per heavy atom. The molecule has 0 radical (unpaired) electrons. The highest BCUT2D eigenvalue weighted by Gasteiger charge is 2.33. The van der Waals surface area contributed by atoms with Crippen LogP contribution in [-0.2, 0) is 26.1 Å². The van der Waals surface area contributed by atoms with Crippen LogP contribution in [0.15, 0.2) is 42.5 Å². The summed E-state index contributed by atoms with van der Waals surface area (Å²) < 4.78 is 31.0. The Labute approximate surface area is 187 Å². The maximum atomic E-state index is 12.6. The molecule has 2 aromatic carbocycles. The minimum atomic E-state index is -3.31. The van der Waals surface area contributed by atoms with Gasteiger partial charge in [-0.15, -0.1) is 0 Å². The molecule has 7 nitrogen and oxygen atoms in total. The van der Waals surface area contributed by atoms with Crippen molar-refractivity contribution in [1.82, 2.24) is 9.78 Å². The summed E-state index contributed by atoms with van der Waals surface area (Å²) >= 11 is 18.0. The van der Waals surface area contributed by atoms with E-state index in [0.29, 0.717) is 32.7 Å². The zero-order chi connectivity index (χ0) is 21.5. The molecule has 0 bridgehead atoms. The molecule has 1 N–H and O–H groups in total. The third kappa shape index (κ3) is 4.41. The molecule has 4 rings (SSSR count). The fourth-order valence-electron chi connectivity index (χ4n) is 3.07. The van der Waals surface area contributed by atoms with E-state index in [2.05, 4.69) is 10.4 Å². The minimum Gasteiger partial charge on any atom is -0.482 e. The summed E-state index contributed by atoms with van der Waals surface area (Å²) in [4.78, 5) is 12.6. The highest BCUT2D eigenvalue weighted by molar-refractivity contribution is 7.90. The number of sulfone groups is 1. The van der Waals surface area contributed by atoms with E-state index in [0.717, 1.165) is 0 Å². The lowest BCUT2D eigenvalue weighted by Crippen LogP contribution is -2.23. The van der Waals surface area contributed by atoms with Crippen molar-refractivity contribution in [3.8, 4) is 11.4 Å². The largest absolute Gasteiger partial charge is 0.482 e. The number of ether oxygens (including phenoxy) is 1. The van der Waals surface area contributed by atoms with Crippen LogP contribution >= 0.6 is 34.8 Å². The third-order valence-electron chi connectivity index (χ3n) is 4.35. The second kappa shape index (κ2) is 8.11. The summed E-state index contributed by atoms with van der Waals surface area (Å²) in [6, 6.07) is 11.5. The summed E-state index contributed by atoms with van der Waals surface area (Å²) in [6.07, 6.45) is 0. The average molecular weight is 487 g/mol. The number of carbonyl (C=O) groups excluding carboxylic acids is 1. The fourth-order valence-corrected chi connectivity index (χ4v) is 5.21. The van der Waals surface area contributed by atoms with Gasteiger partial charge in [-0.25, -0.2) is 13.1 Å². The van der Waals surface area contributed by atoms with Crippen molar-refractivity contribution in [2.45, 2.75) is 11.5 Å². The molecule has 1 amide bonds. The summed E-state index contributed by atoms with van der Waals surface area (Å²) in [5.41, 5.74) is 1.44. The molecule has 0 unspecified atom stereocenters. The van der Waals surface area contributed by atoms with E-state index in [1.807, 2.05) is 0 Å². The SMILES string of the molecule is O=C(COc1ccc(Cl)cc1Cl)Nc1c2c(nn1-c1cccc(Cl)c1)CS(=O)(=O)C2. The topological polar surface area (TPSA) is 90.3 Å². The lowest BCUT2D eigenvalue weighted by Gasteiger charge is -2.12. The molecular formula is C19H14Cl3N3O4S. The van der Waals surface area contributed by atoms with Crippen LogP contribution in [0.4, 0.5) is 5.82 Å². The predicted molar refractivity (Wildman–Crippen MR) is 115 cm³/mol. The molecule has 1 aromatic heterocycles. The smallest absolute Gasteiger partial charge is 0.263 e. The van der Waals surface area contributed by atoms with Gasteiger partial charge in [-0.05, 0) is 36.4 Å². The quantitative estimate of drug-likeness (QED) is 0.581. The van der Waals surface area contributed by atoms with E-state index in [1.165, 1.54) is 10.7 Å². The van der Waals surface area contributed by atoms with Crippen molar-refractivity contribution >= 4 is 56.4 Å². The van der Waals surface area contributed by atoms with Gasteiger partial charge in [0.15, 0.2) is 16.4 Å². The Bertz CT molecular complexity index is 1260. The second-order valence-corrected chi connectivity index (χ2v) is 9.95. The standard InChI is InChI=1S/C19H14Cl3N3O4S/c20-11-2-1-3-13(6-11)25-19(14-9-30(27,28)10-16(14)24-25)23-18(26)8-29-17-5-4-12(21)7-15(17)22/h1-7H,8-10H2,(H,23,26). The van der Waals surface area contributed by atoms with Crippen LogP contribution in [-0.4, -0.2) is 30.7 Å². The van der Waals surface area contributed by atoms with E-state index in [9.17, 15) is 13.2 Å². The van der Waals surface area contributed by atoms with Crippen molar-refractivity contribution in [3.63, 3.8) is 0 Å². The van der Waals surface area contributed by atoms with Crippen LogP contribution in [0.25, 0.3) is 5.69 Å². The van der Waals surface area contributed by atoms with Crippen LogP contribution in [0.2, 0.25) is 15.1 Å². The number of aromatic nitrogens is 2. The fraction of sp³-hybridized carbons (Fsp3) is 0.158. The number of amides is 1. The van der Waals surface area contributed by atoms with E-state index >= 15 is 0 Å². The molecule has 1 aliphatic rings. The predicted octanol–water partition coefficient (Wildman–Crippen LogP) is 4.28. The molecule has 30 heavy (non-hydrogen) atoms. The summed E-state index contributed by atoms with van der Waals surface area (Å²) in [5.74, 6) is -0.328. The number of rotatable bonds is 5. The molecule has 0 spiro atoms. The van der Waals surface area contributed by atoms with Crippen LogP contribution < -0.4 is 10.1 Å². The van der Waals surface area contributed by atoms with Gasteiger partial charge in [0.25, 0.3) is 5.91 Å². The number of carbonyl (C=O) groups is 1. The first kappa shape index (κ1) is 21.0. The van der Waals surface area contributed by atoms with E-state index in [4.69, 9.17) is 39.5 Å². The Kier molecular flexibility index (Phi) is 5.67. The summed E-state index contributed by atoms with van der Waals surface area (Å²) in [5, 5.41) is 8.28. The van der Waals surface area contributed by atoms with Gasteiger partial charge in [0.1, 0.15) is 11.6 Å². The van der Waals surface area contributed by atoms with Crippen molar-refractivity contribution in [2.75, 3.05) is 11.9 Å². The van der Waals surface area contributed by atoms with E-state index in [-0.39, 0.29) is 29.0 Å². The van der Waals surface area contributed by atoms with E-state index in [1.54, 1.807) is 36.4 Å². The minimum absolute atomic E-state index is 0.185. The molecule has 156 valence electrons. The molecule has 0 saturated carbocycles. The van der Waals surface area contributed by atoms with Crippen molar-refractivity contribution in [2.24, 2.45) is 0 Å². The van der Waals surface area contributed by atoms with Crippen LogP contribution in [0.3, 0.4) is 0 Å². The van der Waals surface area contributed by atoms with Gasteiger partial charge in [0, 0.05) is 15.6 Å². The molecule has 0 fully saturated rings. The zero-order valence-corrected chi connectivity index (χ0v) is 18.3. The van der Waals surface area contributed by atoms with Gasteiger partial charge in [-0.1, -0.05) is 40.9 Å². The van der Waals surface area contributed by atoms with Gasteiger partial charge in [0.2, 0.25) is 0 Å². The third-order valence-corrected chi connectivity index (χ3v) is 6.56. The Morgan fingerprint density at radius 2 is 1.87 bits per heavy atom. The van der Waals surface area contributed by atoms with Gasteiger partial charge < -0.3 is 10.1 Å². The zero-order valence-electron chi connectivity index (χ0n) is 15.2. The molecule has 0 atom stereocenters. The summed E-state index contributed by atoms with van der Waals surface area (Å²) in [6.45, 7) is -0.344. The van der Waals surface area contributed by atoms with Gasteiger partial charge in [-0.3, -0.25) is 4.79 Å². The van der Waals surface area contributed by atoms with Crippen LogP contribution in [0, 0.1) is 0 Å². The molecule has 1 aliphatic heterocycles. The molecule has 0 saturated heterocycles. The molecular weight excluding hydrogens is 473 g/mol. The molecule has 11 heteroatoms. The van der Waals surface area contributed by atoms with E-state index < -0.39 is 15.7 Å². The molecule has 2 heterocycles. The number of halogens is 3. The Balaban J connectivity index is 1.60. The number of nitrogens with zero attached hydrogens (tertiary/aromatic N) is 2. The number of hydrogen-bond donors (Lipinski definition) is 1. The number of fused-ring (bicyclic) bond motifs is 1. The number of hydrogen-bond acceptors (Lipinski definition) is 5. The lowest BCUT2D eigenvalue weighted by molar-refractivity contribution is -0.118. The van der Waals surface area contributed by atoms with Gasteiger partial charge >= 0.3 is 0 Å². The molecule has 3 aromatic rings. The highest BCUT2D eigenvalue weighted by Crippen LogP contribution is 2.33. The highest BCUT2D eigenvalue weighted by atomic mass is 35.5. The monoisotopic (exact) mass is 485 g/mol. The van der Waals surface area contributed by atoms with Crippen molar-refractivity contribution < 1.29 is 17.9 Å².